The summed E-state index contributed by atoms with van der Waals surface area (Å²) in [6.45, 7) is 1.31. The Kier molecular flexibility index (Phi) is 6.93. The van der Waals surface area contributed by atoms with Gasteiger partial charge in [-0.25, -0.2) is 8.42 Å². The van der Waals surface area contributed by atoms with Crippen molar-refractivity contribution in [3.63, 3.8) is 0 Å². The van der Waals surface area contributed by atoms with E-state index in [-0.39, 0.29) is 5.75 Å². The van der Waals surface area contributed by atoms with Crippen LogP contribution in [0.15, 0.2) is 24.4 Å². The van der Waals surface area contributed by atoms with Crippen LogP contribution in [0.3, 0.4) is 0 Å². The van der Waals surface area contributed by atoms with Crippen LogP contribution in [0.25, 0.3) is 0 Å². The van der Waals surface area contributed by atoms with Gasteiger partial charge in [0.05, 0.1) is 12.4 Å². The van der Waals surface area contributed by atoms with Gasteiger partial charge in [0.2, 0.25) is 10.0 Å². The molecule has 1 rings (SSSR count). The Morgan fingerprint density at radius 2 is 2.16 bits per heavy atom. The molecule has 0 amide bonds. The zero-order valence-electron chi connectivity index (χ0n) is 11.2. The van der Waals surface area contributed by atoms with Gasteiger partial charge in [0.1, 0.15) is 0 Å². The first-order valence-corrected chi connectivity index (χ1v) is 7.78. The van der Waals surface area contributed by atoms with Crippen molar-refractivity contribution in [2.75, 3.05) is 39.1 Å². The lowest BCUT2D eigenvalue weighted by atomic mass is 10.3. The Balaban J connectivity index is 2.61. The van der Waals surface area contributed by atoms with Crippen LogP contribution in [0, 0.1) is 0 Å². The van der Waals surface area contributed by atoms with E-state index >= 15 is 0 Å². The number of hydrogen-bond donors (Lipinski definition) is 1. The molecule has 0 saturated heterocycles. The quantitative estimate of drug-likeness (QED) is 0.683. The van der Waals surface area contributed by atoms with Gasteiger partial charge in [0.25, 0.3) is 0 Å². The summed E-state index contributed by atoms with van der Waals surface area (Å²) in [5.74, 6) is 0.0354. The summed E-state index contributed by atoms with van der Waals surface area (Å²) in [6.07, 6.45) is 2.06. The van der Waals surface area contributed by atoms with Crippen molar-refractivity contribution >= 4 is 10.0 Å². The minimum atomic E-state index is -3.32. The summed E-state index contributed by atoms with van der Waals surface area (Å²) in [5.41, 5.74) is 6.21. The van der Waals surface area contributed by atoms with Gasteiger partial charge in [-0.1, -0.05) is 6.07 Å². The normalized spacial score (nSPS) is 11.9. The lowest BCUT2D eigenvalue weighted by Gasteiger charge is -2.20. The molecular formula is C12H21N3O3S. The topological polar surface area (TPSA) is 85.5 Å². The van der Waals surface area contributed by atoms with Gasteiger partial charge in [0, 0.05) is 45.1 Å². The zero-order chi connectivity index (χ0) is 14.1. The molecule has 0 aliphatic heterocycles. The molecule has 0 aliphatic carbocycles. The maximum atomic E-state index is 12.2. The van der Waals surface area contributed by atoms with E-state index in [1.54, 1.807) is 19.4 Å². The van der Waals surface area contributed by atoms with Crippen molar-refractivity contribution in [3.05, 3.63) is 30.1 Å². The smallest absolute Gasteiger partial charge is 0.214 e. The van der Waals surface area contributed by atoms with Crippen LogP contribution in [0.1, 0.15) is 5.69 Å². The molecule has 0 aliphatic rings. The lowest BCUT2D eigenvalue weighted by Crippen LogP contribution is -2.39. The molecule has 1 aromatic heterocycles. The number of rotatable bonds is 9. The summed E-state index contributed by atoms with van der Waals surface area (Å²) >= 11 is 0. The largest absolute Gasteiger partial charge is 0.383 e. The molecule has 0 radical (unpaired) electrons. The molecule has 1 aromatic rings. The number of hydrogen-bond acceptors (Lipinski definition) is 5. The van der Waals surface area contributed by atoms with E-state index in [1.807, 2.05) is 12.1 Å². The van der Waals surface area contributed by atoms with Gasteiger partial charge in [0.15, 0.2) is 0 Å². The molecular weight excluding hydrogens is 266 g/mol. The second-order valence-corrected chi connectivity index (χ2v) is 6.16. The summed E-state index contributed by atoms with van der Waals surface area (Å²) in [4.78, 5) is 4.12. The van der Waals surface area contributed by atoms with Crippen molar-refractivity contribution < 1.29 is 13.2 Å². The number of ether oxygens (including phenoxy) is 1. The number of pyridine rings is 1. The average Bonchev–Trinajstić information content (AvgIpc) is 2.42. The third kappa shape index (κ3) is 5.65. The molecule has 0 atom stereocenters. The molecule has 0 fully saturated rings. The predicted octanol–water partition coefficient (Wildman–Crippen LogP) is -0.139. The van der Waals surface area contributed by atoms with Crippen molar-refractivity contribution in [1.29, 1.82) is 0 Å². The maximum Gasteiger partial charge on any atom is 0.214 e. The number of methoxy groups -OCH3 is 1. The first kappa shape index (κ1) is 16.0. The van der Waals surface area contributed by atoms with E-state index in [1.165, 1.54) is 4.31 Å². The van der Waals surface area contributed by atoms with Crippen LogP contribution < -0.4 is 5.73 Å². The van der Waals surface area contributed by atoms with Crippen LogP contribution in [-0.2, 0) is 21.2 Å². The highest BCUT2D eigenvalue weighted by molar-refractivity contribution is 7.89. The Labute approximate surface area is 114 Å². The summed E-state index contributed by atoms with van der Waals surface area (Å²) < 4.78 is 30.7. The standard InChI is InChI=1S/C12H21N3O3S/c1-18-10-9-15(8-6-13)19(16,17)11-5-12-4-2-3-7-14-12/h2-4,7H,5-6,8-11,13H2,1H3. The predicted molar refractivity (Wildman–Crippen MR) is 74.2 cm³/mol. The maximum absolute atomic E-state index is 12.2. The van der Waals surface area contributed by atoms with E-state index in [9.17, 15) is 8.42 Å². The average molecular weight is 287 g/mol. The number of aromatic nitrogens is 1. The van der Waals surface area contributed by atoms with Gasteiger partial charge >= 0.3 is 0 Å². The minimum absolute atomic E-state index is 0.0354. The number of nitrogens with zero attached hydrogens (tertiary/aromatic N) is 2. The SMILES string of the molecule is COCCN(CCN)S(=O)(=O)CCc1ccccn1. The molecule has 0 unspecified atom stereocenters. The summed E-state index contributed by atoms with van der Waals surface area (Å²) in [7, 11) is -1.78. The summed E-state index contributed by atoms with van der Waals surface area (Å²) in [5, 5.41) is 0. The molecule has 2 N–H and O–H groups in total. The van der Waals surface area contributed by atoms with E-state index in [0.717, 1.165) is 5.69 Å². The molecule has 0 aromatic carbocycles. The second kappa shape index (κ2) is 8.21. The fourth-order valence-corrected chi connectivity index (χ4v) is 3.10. The minimum Gasteiger partial charge on any atom is -0.383 e. The molecule has 0 saturated carbocycles. The Hall–Kier alpha value is -1.02. The van der Waals surface area contributed by atoms with E-state index in [0.29, 0.717) is 32.7 Å². The Morgan fingerprint density at radius 1 is 1.37 bits per heavy atom. The molecule has 19 heavy (non-hydrogen) atoms. The fourth-order valence-electron chi connectivity index (χ4n) is 1.64. The van der Waals surface area contributed by atoms with Crippen LogP contribution in [-0.4, -0.2) is 56.8 Å². The van der Waals surface area contributed by atoms with Crippen LogP contribution in [0.2, 0.25) is 0 Å². The molecule has 7 heteroatoms. The first-order chi connectivity index (χ1) is 9.10. The van der Waals surface area contributed by atoms with Gasteiger partial charge in [-0.15, -0.1) is 0 Å². The van der Waals surface area contributed by atoms with E-state index < -0.39 is 10.0 Å². The highest BCUT2D eigenvalue weighted by Gasteiger charge is 2.20. The molecule has 0 spiro atoms. The number of nitrogens with two attached hydrogens (primary N) is 1. The molecule has 6 nitrogen and oxygen atoms in total. The first-order valence-electron chi connectivity index (χ1n) is 6.17. The van der Waals surface area contributed by atoms with Gasteiger partial charge < -0.3 is 10.5 Å². The van der Waals surface area contributed by atoms with Crippen molar-refractivity contribution in [2.24, 2.45) is 5.73 Å². The number of sulfonamides is 1. The van der Waals surface area contributed by atoms with Crippen molar-refractivity contribution in [2.45, 2.75) is 6.42 Å². The van der Waals surface area contributed by atoms with Crippen molar-refractivity contribution in [3.8, 4) is 0 Å². The molecule has 0 bridgehead atoms. The zero-order valence-corrected chi connectivity index (χ0v) is 12.0. The highest BCUT2D eigenvalue weighted by atomic mass is 32.2. The molecule has 108 valence electrons. The third-order valence-electron chi connectivity index (χ3n) is 2.66. The fraction of sp³-hybridized carbons (Fsp3) is 0.583. The van der Waals surface area contributed by atoms with Crippen LogP contribution >= 0.6 is 0 Å². The summed E-state index contributed by atoms with van der Waals surface area (Å²) in [6, 6.07) is 5.47. The highest BCUT2D eigenvalue weighted by Crippen LogP contribution is 2.05. The van der Waals surface area contributed by atoms with Crippen molar-refractivity contribution in [1.82, 2.24) is 9.29 Å². The molecule has 1 heterocycles. The lowest BCUT2D eigenvalue weighted by molar-refractivity contribution is 0.179. The second-order valence-electron chi connectivity index (χ2n) is 4.07. The van der Waals surface area contributed by atoms with Gasteiger partial charge in [-0.2, -0.15) is 4.31 Å². The Bertz CT molecular complexity index is 451. The monoisotopic (exact) mass is 287 g/mol. The van der Waals surface area contributed by atoms with E-state index in [2.05, 4.69) is 4.98 Å². The van der Waals surface area contributed by atoms with E-state index in [4.69, 9.17) is 10.5 Å². The number of aryl methyl sites for hydroxylation is 1. The third-order valence-corrected chi connectivity index (χ3v) is 4.53. The van der Waals surface area contributed by atoms with Gasteiger partial charge in [-0.05, 0) is 12.1 Å². The van der Waals surface area contributed by atoms with Crippen LogP contribution in [0.4, 0.5) is 0 Å². The Morgan fingerprint density at radius 3 is 2.74 bits per heavy atom. The van der Waals surface area contributed by atoms with Crippen LogP contribution in [0.5, 0.6) is 0 Å². The van der Waals surface area contributed by atoms with Gasteiger partial charge in [-0.3, -0.25) is 4.98 Å².